The predicted molar refractivity (Wildman–Crippen MR) is 105 cm³/mol. The Morgan fingerprint density at radius 3 is 2.54 bits per heavy atom. The molecule has 1 fully saturated rings. The molecule has 0 saturated carbocycles. The van der Waals surface area contributed by atoms with Crippen molar-refractivity contribution in [2.24, 2.45) is 17.3 Å². The highest BCUT2D eigenvalue weighted by atomic mass is 32.1. The second-order valence-corrected chi connectivity index (χ2v) is 9.64. The van der Waals surface area contributed by atoms with E-state index < -0.39 is 0 Å². The number of likely N-dealkylation sites (tertiary alicyclic amines) is 1. The Labute approximate surface area is 160 Å². The molecule has 1 atom stereocenters. The maximum atomic E-state index is 13.0. The maximum absolute atomic E-state index is 13.0. The van der Waals surface area contributed by atoms with Crippen molar-refractivity contribution < 1.29 is 14.3 Å². The first-order chi connectivity index (χ1) is 12.3. The number of hydrogen-bond acceptors (Lipinski definition) is 4. The molecule has 0 aromatic carbocycles. The number of carbonyl (C=O) groups is 2. The van der Waals surface area contributed by atoms with Crippen LogP contribution < -0.4 is 0 Å². The Hall–Kier alpha value is -1.36. The van der Waals surface area contributed by atoms with Crippen molar-refractivity contribution in [2.45, 2.75) is 59.8 Å². The molecule has 1 saturated heterocycles. The van der Waals surface area contributed by atoms with Crippen molar-refractivity contribution in [3.63, 3.8) is 0 Å². The number of rotatable bonds is 3. The van der Waals surface area contributed by atoms with Crippen molar-refractivity contribution in [1.29, 1.82) is 0 Å². The molecule has 1 amide bonds. The highest BCUT2D eigenvalue weighted by Gasteiger charge is 2.34. The maximum Gasteiger partial charge on any atom is 0.309 e. The second-order valence-electron chi connectivity index (χ2n) is 8.68. The minimum atomic E-state index is -0.110. The van der Waals surface area contributed by atoms with Gasteiger partial charge in [-0.1, -0.05) is 20.8 Å². The summed E-state index contributed by atoms with van der Waals surface area (Å²) in [6.45, 7) is 10.5. The average Bonchev–Trinajstić information content (AvgIpc) is 3.04. The fraction of sp³-hybridized carbons (Fsp3) is 0.714. The van der Waals surface area contributed by atoms with Gasteiger partial charge in [0.1, 0.15) is 0 Å². The second kappa shape index (κ2) is 7.71. The van der Waals surface area contributed by atoms with Crippen molar-refractivity contribution in [3.8, 4) is 0 Å². The molecular weight excluding hydrogens is 346 g/mol. The summed E-state index contributed by atoms with van der Waals surface area (Å²) in [5, 5.41) is 2.06. The number of carbonyl (C=O) groups excluding carboxylic acids is 2. The van der Waals surface area contributed by atoms with Crippen LogP contribution >= 0.6 is 11.3 Å². The van der Waals surface area contributed by atoms with Crippen LogP contribution in [0.3, 0.4) is 0 Å². The number of hydrogen-bond donors (Lipinski definition) is 0. The molecule has 4 nitrogen and oxygen atoms in total. The number of amides is 1. The summed E-state index contributed by atoms with van der Waals surface area (Å²) in [4.78, 5) is 28.2. The van der Waals surface area contributed by atoms with E-state index in [4.69, 9.17) is 4.74 Å². The molecule has 1 aromatic rings. The summed E-state index contributed by atoms with van der Waals surface area (Å²) < 4.78 is 5.12. The number of esters is 1. The van der Waals surface area contributed by atoms with Crippen LogP contribution in [0.1, 0.15) is 67.8 Å². The zero-order valence-corrected chi connectivity index (χ0v) is 17.3. The number of piperidine rings is 1. The molecule has 1 aliphatic carbocycles. The molecule has 1 aliphatic heterocycles. The molecule has 26 heavy (non-hydrogen) atoms. The number of ether oxygens (including phenoxy) is 1. The number of nitrogens with zero attached hydrogens (tertiary/aromatic N) is 1. The third-order valence-corrected chi connectivity index (χ3v) is 7.06. The van der Waals surface area contributed by atoms with E-state index in [-0.39, 0.29) is 17.8 Å². The smallest absolute Gasteiger partial charge is 0.309 e. The normalized spacial score (nSPS) is 21.4. The molecule has 144 valence electrons. The monoisotopic (exact) mass is 377 g/mol. The molecule has 0 radical (unpaired) electrons. The molecule has 5 heteroatoms. The molecule has 0 spiro atoms. The van der Waals surface area contributed by atoms with Gasteiger partial charge in [0.15, 0.2) is 0 Å². The largest absolute Gasteiger partial charge is 0.466 e. The van der Waals surface area contributed by atoms with Gasteiger partial charge in [-0.25, -0.2) is 0 Å². The Balaban J connectivity index is 1.64. The van der Waals surface area contributed by atoms with E-state index in [1.165, 1.54) is 16.9 Å². The Bertz CT molecular complexity index is 665. The van der Waals surface area contributed by atoms with Gasteiger partial charge >= 0.3 is 5.97 Å². The van der Waals surface area contributed by atoms with E-state index in [0.717, 1.165) is 18.4 Å². The third-order valence-electron chi connectivity index (χ3n) is 6.01. The SMILES string of the molecule is CCOC(=O)C1CCN(C(=O)c2csc3c2CCC(C(C)(C)C)C3)CC1. The standard InChI is InChI=1S/C21H31NO3S/c1-5-25-20(24)14-8-10-22(11-9-14)19(23)17-13-26-18-12-15(21(2,3)4)6-7-16(17)18/h13-15H,5-12H2,1-4H3. The highest BCUT2D eigenvalue weighted by molar-refractivity contribution is 7.10. The van der Waals surface area contributed by atoms with Crippen molar-refractivity contribution in [3.05, 3.63) is 21.4 Å². The minimum Gasteiger partial charge on any atom is -0.466 e. The lowest BCUT2D eigenvalue weighted by atomic mass is 9.72. The summed E-state index contributed by atoms with van der Waals surface area (Å²) in [5.74, 6) is 0.680. The Morgan fingerprint density at radius 2 is 1.92 bits per heavy atom. The number of thiophene rings is 1. The van der Waals surface area contributed by atoms with Gasteiger partial charge in [0, 0.05) is 23.3 Å². The van der Waals surface area contributed by atoms with Gasteiger partial charge in [-0.15, -0.1) is 11.3 Å². The first-order valence-electron chi connectivity index (χ1n) is 9.86. The Morgan fingerprint density at radius 1 is 1.23 bits per heavy atom. The van der Waals surface area contributed by atoms with Crippen LogP contribution in [0.15, 0.2) is 5.38 Å². The fourth-order valence-electron chi connectivity index (χ4n) is 4.18. The van der Waals surface area contributed by atoms with Gasteiger partial charge < -0.3 is 9.64 Å². The van der Waals surface area contributed by atoms with E-state index >= 15 is 0 Å². The summed E-state index contributed by atoms with van der Waals surface area (Å²) in [5.41, 5.74) is 2.51. The first kappa shape index (κ1) is 19.4. The topological polar surface area (TPSA) is 46.6 Å². The van der Waals surface area contributed by atoms with Crippen molar-refractivity contribution in [2.75, 3.05) is 19.7 Å². The third kappa shape index (κ3) is 3.98. The summed E-state index contributed by atoms with van der Waals surface area (Å²) in [6.07, 6.45) is 4.70. The van der Waals surface area contributed by atoms with Gasteiger partial charge in [0.05, 0.1) is 18.1 Å². The van der Waals surface area contributed by atoms with Gasteiger partial charge in [-0.05, 0) is 55.9 Å². The average molecular weight is 378 g/mol. The first-order valence-corrected chi connectivity index (χ1v) is 10.7. The predicted octanol–water partition coefficient (Wildman–Crippen LogP) is 4.31. The number of fused-ring (bicyclic) bond motifs is 1. The quantitative estimate of drug-likeness (QED) is 0.737. The molecule has 1 unspecified atom stereocenters. The van der Waals surface area contributed by atoms with Gasteiger partial charge in [0.25, 0.3) is 5.91 Å². The minimum absolute atomic E-state index is 0.0528. The van der Waals surface area contributed by atoms with Crippen LogP contribution in [-0.2, 0) is 22.4 Å². The van der Waals surface area contributed by atoms with E-state index in [2.05, 4.69) is 26.2 Å². The van der Waals surface area contributed by atoms with Crippen LogP contribution in [0.5, 0.6) is 0 Å². The molecule has 2 heterocycles. The summed E-state index contributed by atoms with van der Waals surface area (Å²) in [7, 11) is 0. The van der Waals surface area contributed by atoms with E-state index in [0.29, 0.717) is 43.9 Å². The molecule has 2 aliphatic rings. The van der Waals surface area contributed by atoms with Crippen LogP contribution in [0.2, 0.25) is 0 Å². The molecule has 0 bridgehead atoms. The van der Waals surface area contributed by atoms with E-state index in [1.54, 1.807) is 11.3 Å². The van der Waals surface area contributed by atoms with Crippen LogP contribution in [0.4, 0.5) is 0 Å². The lowest BCUT2D eigenvalue weighted by molar-refractivity contribution is -0.149. The zero-order valence-electron chi connectivity index (χ0n) is 16.5. The van der Waals surface area contributed by atoms with Crippen molar-refractivity contribution >= 4 is 23.2 Å². The molecular formula is C21H31NO3S. The summed E-state index contributed by atoms with van der Waals surface area (Å²) >= 11 is 1.75. The van der Waals surface area contributed by atoms with E-state index in [9.17, 15) is 9.59 Å². The lowest BCUT2D eigenvalue weighted by Crippen LogP contribution is -2.41. The zero-order chi connectivity index (χ0) is 18.9. The van der Waals surface area contributed by atoms with Crippen LogP contribution in [-0.4, -0.2) is 36.5 Å². The lowest BCUT2D eigenvalue weighted by Gasteiger charge is -2.34. The molecule has 3 rings (SSSR count). The van der Waals surface area contributed by atoms with Gasteiger partial charge in [-0.3, -0.25) is 9.59 Å². The van der Waals surface area contributed by atoms with E-state index in [1.807, 2.05) is 11.8 Å². The highest BCUT2D eigenvalue weighted by Crippen LogP contribution is 2.41. The molecule has 0 N–H and O–H groups in total. The van der Waals surface area contributed by atoms with Gasteiger partial charge in [0.2, 0.25) is 0 Å². The Kier molecular flexibility index (Phi) is 5.75. The summed E-state index contributed by atoms with van der Waals surface area (Å²) in [6, 6.07) is 0. The van der Waals surface area contributed by atoms with Gasteiger partial charge in [-0.2, -0.15) is 0 Å². The van der Waals surface area contributed by atoms with Crippen LogP contribution in [0.25, 0.3) is 0 Å². The molecule has 1 aromatic heterocycles. The van der Waals surface area contributed by atoms with Crippen LogP contribution in [0, 0.1) is 17.3 Å². The fourth-order valence-corrected chi connectivity index (χ4v) is 5.33. The van der Waals surface area contributed by atoms with Crippen molar-refractivity contribution in [1.82, 2.24) is 4.90 Å².